The second kappa shape index (κ2) is 9.13. The Morgan fingerprint density at radius 1 is 1.40 bits per heavy atom. The van der Waals surface area contributed by atoms with Gasteiger partial charge in [0, 0.05) is 24.1 Å². The molecule has 0 aliphatic rings. The van der Waals surface area contributed by atoms with Crippen LogP contribution in [-0.4, -0.2) is 49.7 Å². The van der Waals surface area contributed by atoms with Crippen molar-refractivity contribution in [1.82, 2.24) is 10.2 Å². The zero-order valence-electron chi connectivity index (χ0n) is 12.1. The van der Waals surface area contributed by atoms with Gasteiger partial charge in [0.1, 0.15) is 0 Å². The van der Waals surface area contributed by atoms with E-state index in [4.69, 9.17) is 5.11 Å². The lowest BCUT2D eigenvalue weighted by Gasteiger charge is -2.10. The quantitative estimate of drug-likeness (QED) is 0.603. The molecule has 0 heterocycles. The number of carbonyl (C=O) groups excluding carboxylic acids is 1. The SMILES string of the molecule is CN(C)CCCNC(=O)c1cccc(C#CCCO)c1. The lowest BCUT2D eigenvalue weighted by Crippen LogP contribution is -2.27. The third-order valence-corrected chi connectivity index (χ3v) is 2.66. The Bertz CT molecular complexity index is 487. The predicted molar refractivity (Wildman–Crippen MR) is 80.5 cm³/mol. The van der Waals surface area contributed by atoms with Crippen molar-refractivity contribution in [3.8, 4) is 11.8 Å². The van der Waals surface area contributed by atoms with Crippen LogP contribution in [0, 0.1) is 11.8 Å². The van der Waals surface area contributed by atoms with Crippen molar-refractivity contribution < 1.29 is 9.90 Å². The fraction of sp³-hybridized carbons (Fsp3) is 0.438. The molecule has 2 N–H and O–H groups in total. The van der Waals surface area contributed by atoms with Gasteiger partial charge in [-0.25, -0.2) is 0 Å². The van der Waals surface area contributed by atoms with E-state index in [-0.39, 0.29) is 12.5 Å². The maximum Gasteiger partial charge on any atom is 0.251 e. The zero-order chi connectivity index (χ0) is 14.8. The number of carbonyl (C=O) groups is 1. The number of rotatable bonds is 6. The monoisotopic (exact) mass is 274 g/mol. The summed E-state index contributed by atoms with van der Waals surface area (Å²) in [5, 5.41) is 11.6. The summed E-state index contributed by atoms with van der Waals surface area (Å²) in [6.45, 7) is 1.67. The zero-order valence-corrected chi connectivity index (χ0v) is 12.1. The standard InChI is InChI=1S/C16H22N2O2/c1-18(2)11-6-10-17-16(20)15-9-5-8-14(13-15)7-3-4-12-19/h5,8-9,13,19H,4,6,10-12H2,1-2H3,(H,17,20). The normalized spacial score (nSPS) is 10.0. The summed E-state index contributed by atoms with van der Waals surface area (Å²) in [7, 11) is 4.02. The van der Waals surface area contributed by atoms with Crippen LogP contribution in [0.15, 0.2) is 24.3 Å². The molecule has 0 saturated heterocycles. The highest BCUT2D eigenvalue weighted by Gasteiger charge is 2.04. The van der Waals surface area contributed by atoms with Crippen LogP contribution in [-0.2, 0) is 0 Å². The van der Waals surface area contributed by atoms with Gasteiger partial charge in [-0.05, 0) is 45.3 Å². The molecule has 0 saturated carbocycles. The molecule has 108 valence electrons. The summed E-state index contributed by atoms with van der Waals surface area (Å²) in [6, 6.07) is 7.22. The topological polar surface area (TPSA) is 52.6 Å². The molecule has 0 unspecified atom stereocenters. The summed E-state index contributed by atoms with van der Waals surface area (Å²) in [4.78, 5) is 14.0. The number of amides is 1. The van der Waals surface area contributed by atoms with Crippen LogP contribution in [0.3, 0.4) is 0 Å². The number of benzene rings is 1. The van der Waals surface area contributed by atoms with Crippen molar-refractivity contribution in [2.45, 2.75) is 12.8 Å². The Morgan fingerprint density at radius 2 is 2.20 bits per heavy atom. The van der Waals surface area contributed by atoms with E-state index >= 15 is 0 Å². The second-order valence-corrected chi connectivity index (χ2v) is 4.77. The lowest BCUT2D eigenvalue weighted by molar-refractivity contribution is 0.0952. The molecular weight excluding hydrogens is 252 g/mol. The number of hydrogen-bond donors (Lipinski definition) is 2. The molecule has 0 radical (unpaired) electrons. The lowest BCUT2D eigenvalue weighted by atomic mass is 10.1. The molecule has 0 aliphatic heterocycles. The van der Waals surface area contributed by atoms with Crippen molar-refractivity contribution in [3.05, 3.63) is 35.4 Å². The van der Waals surface area contributed by atoms with Gasteiger partial charge in [-0.15, -0.1) is 0 Å². The van der Waals surface area contributed by atoms with Gasteiger partial charge >= 0.3 is 0 Å². The number of nitrogens with one attached hydrogen (secondary N) is 1. The van der Waals surface area contributed by atoms with Crippen molar-refractivity contribution in [3.63, 3.8) is 0 Å². The Balaban J connectivity index is 2.52. The van der Waals surface area contributed by atoms with Crippen molar-refractivity contribution >= 4 is 5.91 Å². The van der Waals surface area contributed by atoms with Crippen molar-refractivity contribution in [2.75, 3.05) is 33.8 Å². The van der Waals surface area contributed by atoms with Crippen molar-refractivity contribution in [2.24, 2.45) is 0 Å². The highest BCUT2D eigenvalue weighted by atomic mass is 16.2. The molecular formula is C16H22N2O2. The molecule has 1 amide bonds. The Kier molecular flexibility index (Phi) is 7.41. The fourth-order valence-electron chi connectivity index (χ4n) is 1.66. The van der Waals surface area contributed by atoms with Crippen molar-refractivity contribution in [1.29, 1.82) is 0 Å². The molecule has 4 nitrogen and oxygen atoms in total. The number of aliphatic hydroxyl groups excluding tert-OH is 1. The van der Waals surface area contributed by atoms with E-state index in [0.29, 0.717) is 18.5 Å². The Hall–Kier alpha value is -1.83. The van der Waals surface area contributed by atoms with Gasteiger partial charge in [-0.3, -0.25) is 4.79 Å². The average Bonchev–Trinajstić information content (AvgIpc) is 2.44. The molecule has 1 aromatic carbocycles. The van der Waals surface area contributed by atoms with E-state index in [0.717, 1.165) is 18.5 Å². The van der Waals surface area contributed by atoms with E-state index in [9.17, 15) is 4.79 Å². The predicted octanol–water partition coefficient (Wildman–Crippen LogP) is 1.10. The van der Waals surface area contributed by atoms with Crippen LogP contribution < -0.4 is 5.32 Å². The number of nitrogens with zero attached hydrogens (tertiary/aromatic N) is 1. The van der Waals surface area contributed by atoms with Crippen LogP contribution in [0.2, 0.25) is 0 Å². The first kappa shape index (κ1) is 16.2. The highest BCUT2D eigenvalue weighted by molar-refractivity contribution is 5.94. The van der Waals surface area contributed by atoms with E-state index < -0.39 is 0 Å². The highest BCUT2D eigenvalue weighted by Crippen LogP contribution is 2.04. The van der Waals surface area contributed by atoms with E-state index in [1.807, 2.05) is 26.2 Å². The summed E-state index contributed by atoms with van der Waals surface area (Å²) in [6.07, 6.45) is 1.37. The van der Waals surface area contributed by atoms with Gasteiger partial charge in [-0.2, -0.15) is 0 Å². The van der Waals surface area contributed by atoms with Crippen LogP contribution >= 0.6 is 0 Å². The second-order valence-electron chi connectivity index (χ2n) is 4.77. The van der Waals surface area contributed by atoms with Crippen LogP contribution in [0.4, 0.5) is 0 Å². The smallest absolute Gasteiger partial charge is 0.251 e. The van der Waals surface area contributed by atoms with Gasteiger partial charge < -0.3 is 15.3 Å². The summed E-state index contributed by atoms with van der Waals surface area (Å²) in [5.74, 6) is 5.70. The minimum Gasteiger partial charge on any atom is -0.395 e. The van der Waals surface area contributed by atoms with Crippen LogP contribution in [0.25, 0.3) is 0 Å². The van der Waals surface area contributed by atoms with E-state index in [1.165, 1.54) is 0 Å². The molecule has 0 fully saturated rings. The summed E-state index contributed by atoms with van der Waals surface area (Å²) < 4.78 is 0. The third-order valence-electron chi connectivity index (χ3n) is 2.66. The minimum absolute atomic E-state index is 0.0546. The fourth-order valence-corrected chi connectivity index (χ4v) is 1.66. The van der Waals surface area contributed by atoms with Crippen LogP contribution in [0.5, 0.6) is 0 Å². The Labute approximate surface area is 120 Å². The summed E-state index contributed by atoms with van der Waals surface area (Å²) in [5.41, 5.74) is 1.41. The van der Waals surface area contributed by atoms with Gasteiger partial charge in [0.15, 0.2) is 0 Å². The van der Waals surface area contributed by atoms with Crippen LogP contribution in [0.1, 0.15) is 28.8 Å². The molecule has 1 aromatic rings. The minimum atomic E-state index is -0.0745. The maximum atomic E-state index is 12.0. The molecule has 4 heteroatoms. The number of hydrogen-bond acceptors (Lipinski definition) is 3. The molecule has 0 bridgehead atoms. The van der Waals surface area contributed by atoms with Gasteiger partial charge in [-0.1, -0.05) is 17.9 Å². The molecule has 0 aliphatic carbocycles. The van der Waals surface area contributed by atoms with Gasteiger partial charge in [0.25, 0.3) is 5.91 Å². The largest absolute Gasteiger partial charge is 0.395 e. The summed E-state index contributed by atoms with van der Waals surface area (Å²) >= 11 is 0. The molecule has 1 rings (SSSR count). The average molecular weight is 274 g/mol. The van der Waals surface area contributed by atoms with Gasteiger partial charge in [0.05, 0.1) is 6.61 Å². The first-order chi connectivity index (χ1) is 9.63. The molecule has 0 aromatic heterocycles. The molecule has 0 spiro atoms. The van der Waals surface area contributed by atoms with E-state index in [2.05, 4.69) is 22.1 Å². The number of aliphatic hydroxyl groups is 1. The Morgan fingerprint density at radius 3 is 2.90 bits per heavy atom. The maximum absolute atomic E-state index is 12.0. The third kappa shape index (κ3) is 6.37. The molecule has 0 atom stereocenters. The van der Waals surface area contributed by atoms with Gasteiger partial charge in [0.2, 0.25) is 0 Å². The first-order valence-electron chi connectivity index (χ1n) is 6.76. The van der Waals surface area contributed by atoms with E-state index in [1.54, 1.807) is 12.1 Å². The molecule has 20 heavy (non-hydrogen) atoms. The first-order valence-corrected chi connectivity index (χ1v) is 6.76.